The number of phosphoric ester groups is 1. The van der Waals surface area contributed by atoms with Crippen LogP contribution in [0.3, 0.4) is 0 Å². The van der Waals surface area contributed by atoms with Crippen molar-refractivity contribution in [1.29, 1.82) is 0 Å². The number of rotatable bonds is 4. The molecule has 2 heterocycles. The molecule has 0 amide bonds. The topological polar surface area (TPSA) is 151 Å². The summed E-state index contributed by atoms with van der Waals surface area (Å²) in [7, 11) is -4.63. The molecule has 3 atom stereocenters. The molecule has 1 saturated heterocycles. The van der Waals surface area contributed by atoms with E-state index in [9.17, 15) is 19.3 Å². The van der Waals surface area contributed by atoms with Crippen molar-refractivity contribution in [3.63, 3.8) is 0 Å². The lowest BCUT2D eigenvalue weighted by atomic mass is 10.0. The smallest absolute Gasteiger partial charge is 0.390 e. The minimum absolute atomic E-state index is 0.0399. The molecule has 4 N–H and O–H groups in total. The van der Waals surface area contributed by atoms with E-state index in [1.54, 1.807) is 0 Å². The summed E-state index contributed by atoms with van der Waals surface area (Å²) in [4.78, 5) is 41.9. The van der Waals surface area contributed by atoms with Crippen LogP contribution in [0.5, 0.6) is 0 Å². The standard InChI is InChI=1S/C10H15N2O8P/c13-7-3-6(12-2-1-9(14)11-10(12)15)4-19-8(7)5-20-21(16,17)18/h1-2,6-8,13H,3-5H2,(H,11,14,15)(H2,16,17,18)/t6-,7-,8+/m0/s1. The molecular formula is C10H15N2O8P. The highest BCUT2D eigenvalue weighted by Crippen LogP contribution is 2.36. The Morgan fingerprint density at radius 1 is 1.48 bits per heavy atom. The fourth-order valence-corrected chi connectivity index (χ4v) is 2.42. The second-order valence-corrected chi connectivity index (χ2v) is 5.87. The monoisotopic (exact) mass is 322 g/mol. The zero-order chi connectivity index (χ0) is 15.6. The van der Waals surface area contributed by atoms with Crippen molar-refractivity contribution in [3.8, 4) is 0 Å². The van der Waals surface area contributed by atoms with Crippen molar-refractivity contribution in [3.05, 3.63) is 33.1 Å². The predicted molar refractivity (Wildman–Crippen MR) is 68.7 cm³/mol. The van der Waals surface area contributed by atoms with Gasteiger partial charge < -0.3 is 19.6 Å². The molecule has 11 heteroatoms. The summed E-state index contributed by atoms with van der Waals surface area (Å²) < 4.78 is 21.4. The molecule has 1 aliphatic heterocycles. The van der Waals surface area contributed by atoms with Gasteiger partial charge in [-0.05, 0) is 6.42 Å². The van der Waals surface area contributed by atoms with Crippen LogP contribution in [0, 0.1) is 0 Å². The Kier molecular flexibility index (Phi) is 4.77. The third-order valence-corrected chi connectivity index (χ3v) is 3.58. The first-order chi connectivity index (χ1) is 9.76. The highest BCUT2D eigenvalue weighted by molar-refractivity contribution is 7.46. The molecule has 0 aromatic carbocycles. The SMILES string of the molecule is O=c1ccn([C@@H]2CO[C@H](COP(=O)(O)O)[C@@H](O)C2)c(=O)[nH]1. The first kappa shape index (κ1) is 16.1. The maximum Gasteiger partial charge on any atom is 0.469 e. The molecule has 21 heavy (non-hydrogen) atoms. The van der Waals surface area contributed by atoms with Gasteiger partial charge in [-0.2, -0.15) is 0 Å². The van der Waals surface area contributed by atoms with E-state index in [-0.39, 0.29) is 13.0 Å². The number of H-pyrrole nitrogens is 1. The molecule has 0 aliphatic carbocycles. The summed E-state index contributed by atoms with van der Waals surface area (Å²) in [6, 6.07) is 0.687. The van der Waals surface area contributed by atoms with E-state index in [2.05, 4.69) is 9.51 Å². The third kappa shape index (κ3) is 4.34. The van der Waals surface area contributed by atoms with Crippen LogP contribution in [0.25, 0.3) is 0 Å². The lowest BCUT2D eigenvalue weighted by molar-refractivity contribution is -0.111. The summed E-state index contributed by atoms with van der Waals surface area (Å²) in [5, 5.41) is 9.90. The molecule has 0 radical (unpaired) electrons. The largest absolute Gasteiger partial charge is 0.469 e. The Hall–Kier alpha value is -1.29. The minimum atomic E-state index is -4.63. The summed E-state index contributed by atoms with van der Waals surface area (Å²) in [5.41, 5.74) is -1.14. The van der Waals surface area contributed by atoms with E-state index >= 15 is 0 Å². The third-order valence-electron chi connectivity index (χ3n) is 3.10. The van der Waals surface area contributed by atoms with Gasteiger partial charge in [-0.3, -0.25) is 18.9 Å². The maximum absolute atomic E-state index is 11.6. The number of hydrogen-bond donors (Lipinski definition) is 4. The number of aromatic nitrogens is 2. The molecule has 2 rings (SSSR count). The Labute approximate surface area is 118 Å². The van der Waals surface area contributed by atoms with Gasteiger partial charge in [0.25, 0.3) is 5.56 Å². The molecular weight excluding hydrogens is 307 g/mol. The lowest BCUT2D eigenvalue weighted by Gasteiger charge is -2.33. The van der Waals surface area contributed by atoms with Crippen LogP contribution in [-0.2, 0) is 13.8 Å². The van der Waals surface area contributed by atoms with Crippen LogP contribution in [0.15, 0.2) is 21.9 Å². The average Bonchev–Trinajstić information content (AvgIpc) is 2.36. The Morgan fingerprint density at radius 2 is 2.19 bits per heavy atom. The van der Waals surface area contributed by atoms with E-state index in [1.807, 2.05) is 0 Å². The Bertz CT molecular complexity index is 649. The maximum atomic E-state index is 11.6. The van der Waals surface area contributed by atoms with Gasteiger partial charge in [0.1, 0.15) is 6.10 Å². The van der Waals surface area contributed by atoms with E-state index in [0.29, 0.717) is 0 Å². The van der Waals surface area contributed by atoms with E-state index < -0.39 is 43.9 Å². The van der Waals surface area contributed by atoms with Crippen molar-refractivity contribution in [1.82, 2.24) is 9.55 Å². The number of nitrogens with zero attached hydrogens (tertiary/aromatic N) is 1. The molecule has 0 unspecified atom stereocenters. The average molecular weight is 322 g/mol. The van der Waals surface area contributed by atoms with Gasteiger partial charge in [-0.1, -0.05) is 0 Å². The van der Waals surface area contributed by atoms with Gasteiger partial charge >= 0.3 is 13.5 Å². The lowest BCUT2D eigenvalue weighted by Crippen LogP contribution is -2.44. The molecule has 1 fully saturated rings. The molecule has 0 bridgehead atoms. The number of ether oxygens (including phenoxy) is 1. The number of aliphatic hydroxyl groups is 1. The first-order valence-electron chi connectivity index (χ1n) is 6.07. The van der Waals surface area contributed by atoms with Crippen LogP contribution >= 0.6 is 7.82 Å². The predicted octanol–water partition coefficient (Wildman–Crippen LogP) is -1.66. The summed E-state index contributed by atoms with van der Waals surface area (Å²) in [6.07, 6.45) is -0.531. The molecule has 1 aliphatic rings. The summed E-state index contributed by atoms with van der Waals surface area (Å²) >= 11 is 0. The van der Waals surface area contributed by atoms with Gasteiger partial charge in [0.05, 0.1) is 25.4 Å². The number of nitrogens with one attached hydrogen (secondary N) is 1. The van der Waals surface area contributed by atoms with Gasteiger partial charge in [-0.15, -0.1) is 0 Å². The number of hydrogen-bond acceptors (Lipinski definition) is 6. The summed E-state index contributed by atoms with van der Waals surface area (Å²) in [5.74, 6) is 0. The summed E-state index contributed by atoms with van der Waals surface area (Å²) in [6.45, 7) is -0.420. The minimum Gasteiger partial charge on any atom is -0.390 e. The molecule has 10 nitrogen and oxygen atoms in total. The number of aliphatic hydroxyl groups excluding tert-OH is 1. The number of aromatic amines is 1. The van der Waals surface area contributed by atoms with Crippen molar-refractivity contribution in [2.24, 2.45) is 0 Å². The molecule has 0 spiro atoms. The van der Waals surface area contributed by atoms with E-state index in [0.717, 1.165) is 0 Å². The number of phosphoric acid groups is 1. The zero-order valence-corrected chi connectivity index (χ0v) is 11.7. The van der Waals surface area contributed by atoms with Gasteiger partial charge in [-0.25, -0.2) is 9.36 Å². The van der Waals surface area contributed by atoms with Crippen LogP contribution in [0.2, 0.25) is 0 Å². The van der Waals surface area contributed by atoms with Crippen molar-refractivity contribution < 1.29 is 28.7 Å². The molecule has 1 aromatic heterocycles. The quantitative estimate of drug-likeness (QED) is 0.481. The van der Waals surface area contributed by atoms with Crippen molar-refractivity contribution in [2.75, 3.05) is 13.2 Å². The van der Waals surface area contributed by atoms with Crippen molar-refractivity contribution in [2.45, 2.75) is 24.7 Å². The van der Waals surface area contributed by atoms with Gasteiger partial charge in [0.2, 0.25) is 0 Å². The zero-order valence-electron chi connectivity index (χ0n) is 10.8. The fraction of sp³-hybridized carbons (Fsp3) is 0.600. The normalized spacial score (nSPS) is 26.7. The molecule has 118 valence electrons. The van der Waals surface area contributed by atoms with Crippen LogP contribution in [0.1, 0.15) is 12.5 Å². The van der Waals surface area contributed by atoms with E-state index in [4.69, 9.17) is 14.5 Å². The van der Waals surface area contributed by atoms with E-state index in [1.165, 1.54) is 16.8 Å². The first-order valence-corrected chi connectivity index (χ1v) is 7.60. The molecule has 0 saturated carbocycles. The van der Waals surface area contributed by atoms with Crippen LogP contribution in [0.4, 0.5) is 0 Å². The molecule has 1 aromatic rings. The highest BCUT2D eigenvalue weighted by Gasteiger charge is 2.33. The fourth-order valence-electron chi connectivity index (χ4n) is 2.08. The Balaban J connectivity index is 2.02. The second-order valence-electron chi connectivity index (χ2n) is 4.63. The van der Waals surface area contributed by atoms with Crippen molar-refractivity contribution >= 4 is 7.82 Å². The van der Waals surface area contributed by atoms with Gasteiger partial charge in [0, 0.05) is 12.3 Å². The highest BCUT2D eigenvalue weighted by atomic mass is 31.2. The van der Waals surface area contributed by atoms with Gasteiger partial charge in [0.15, 0.2) is 0 Å². The second kappa shape index (κ2) is 6.22. The van der Waals surface area contributed by atoms with Crippen LogP contribution in [-0.4, -0.2) is 49.9 Å². The van der Waals surface area contributed by atoms with Crippen LogP contribution < -0.4 is 11.2 Å². The Morgan fingerprint density at radius 3 is 2.76 bits per heavy atom.